The van der Waals surface area contributed by atoms with E-state index in [4.69, 9.17) is 4.84 Å². The van der Waals surface area contributed by atoms with Gasteiger partial charge in [-0.3, -0.25) is 9.63 Å². The van der Waals surface area contributed by atoms with Crippen LogP contribution in [0.4, 0.5) is 0 Å². The van der Waals surface area contributed by atoms with Gasteiger partial charge in [0.2, 0.25) is 6.41 Å². The number of rotatable bonds is 3. The number of amides is 1. The number of hydrogen-bond acceptors (Lipinski definition) is 2. The summed E-state index contributed by atoms with van der Waals surface area (Å²) in [5, 5.41) is 1.28. The molecule has 0 aliphatic carbocycles. The van der Waals surface area contributed by atoms with Gasteiger partial charge in [0.25, 0.3) is 0 Å². The van der Waals surface area contributed by atoms with Gasteiger partial charge in [-0.1, -0.05) is 0 Å². The normalized spacial score (nSPS) is 11.2. The van der Waals surface area contributed by atoms with Gasteiger partial charge in [0.05, 0.1) is 5.60 Å². The average molecular weight is 145 g/mol. The van der Waals surface area contributed by atoms with Crippen LogP contribution in [-0.4, -0.2) is 23.6 Å². The van der Waals surface area contributed by atoms with Crippen molar-refractivity contribution in [3.05, 3.63) is 0 Å². The fourth-order valence-corrected chi connectivity index (χ4v) is 0.512. The smallest absolute Gasteiger partial charge is 0.233 e. The van der Waals surface area contributed by atoms with Crippen molar-refractivity contribution >= 4 is 6.41 Å². The number of hydroxylamine groups is 2. The number of carbonyl (C=O) groups excluding carboxylic acids is 1. The van der Waals surface area contributed by atoms with E-state index in [0.29, 0.717) is 13.0 Å². The molecule has 0 saturated carbocycles. The summed E-state index contributed by atoms with van der Waals surface area (Å²) in [5.74, 6) is 0. The van der Waals surface area contributed by atoms with Gasteiger partial charge in [0.1, 0.15) is 0 Å². The van der Waals surface area contributed by atoms with Crippen molar-refractivity contribution in [1.29, 1.82) is 0 Å². The predicted molar refractivity (Wildman–Crippen MR) is 39.3 cm³/mol. The number of nitrogens with zero attached hydrogens (tertiary/aromatic N) is 1. The monoisotopic (exact) mass is 145 g/mol. The van der Waals surface area contributed by atoms with E-state index < -0.39 is 0 Å². The second-order valence-electron chi connectivity index (χ2n) is 3.04. The maximum Gasteiger partial charge on any atom is 0.233 e. The molecule has 0 aliphatic heterocycles. The average Bonchev–Trinajstić information content (AvgIpc) is 1.81. The van der Waals surface area contributed by atoms with Crippen LogP contribution in [-0.2, 0) is 9.63 Å². The second-order valence-corrected chi connectivity index (χ2v) is 3.04. The van der Waals surface area contributed by atoms with E-state index in [-0.39, 0.29) is 5.60 Å². The third kappa shape index (κ3) is 4.32. The molecule has 0 fully saturated rings. The first-order valence-electron chi connectivity index (χ1n) is 3.40. The van der Waals surface area contributed by atoms with Crippen molar-refractivity contribution < 1.29 is 9.63 Å². The Morgan fingerprint density at radius 1 is 1.50 bits per heavy atom. The summed E-state index contributed by atoms with van der Waals surface area (Å²) in [5.41, 5.74) is -0.281. The van der Waals surface area contributed by atoms with Crippen LogP contribution in [0.25, 0.3) is 0 Å². The van der Waals surface area contributed by atoms with Gasteiger partial charge in [-0.15, -0.1) is 0 Å². The van der Waals surface area contributed by atoms with Gasteiger partial charge in [-0.25, -0.2) is 5.06 Å². The molecule has 0 saturated heterocycles. The molecule has 0 unspecified atom stereocenters. The zero-order valence-electron chi connectivity index (χ0n) is 7.05. The van der Waals surface area contributed by atoms with Crippen molar-refractivity contribution in [2.75, 3.05) is 6.54 Å². The molecular formula is C7H15NO2. The lowest BCUT2D eigenvalue weighted by Crippen LogP contribution is -2.32. The number of hydrogen-bond donors (Lipinski definition) is 0. The summed E-state index contributed by atoms with van der Waals surface area (Å²) in [7, 11) is 0. The molecule has 3 nitrogen and oxygen atoms in total. The molecule has 0 bridgehead atoms. The minimum absolute atomic E-state index is 0.281. The highest BCUT2D eigenvalue weighted by molar-refractivity contribution is 5.44. The molecule has 0 radical (unpaired) electrons. The van der Waals surface area contributed by atoms with E-state index in [1.807, 2.05) is 27.7 Å². The van der Waals surface area contributed by atoms with Gasteiger partial charge < -0.3 is 0 Å². The predicted octanol–water partition coefficient (Wildman–Crippen LogP) is 1.19. The van der Waals surface area contributed by atoms with E-state index in [0.717, 1.165) is 0 Å². The first-order valence-corrected chi connectivity index (χ1v) is 3.40. The van der Waals surface area contributed by atoms with Gasteiger partial charge in [-0.05, 0) is 27.7 Å². The fourth-order valence-electron chi connectivity index (χ4n) is 0.512. The second kappa shape index (κ2) is 3.56. The number of carbonyl (C=O) groups is 1. The SMILES string of the molecule is CCN(C=O)OC(C)(C)C. The lowest BCUT2D eigenvalue weighted by atomic mass is 10.2. The van der Waals surface area contributed by atoms with Crippen molar-refractivity contribution in [2.45, 2.75) is 33.3 Å². The molecule has 0 aromatic carbocycles. The minimum atomic E-state index is -0.281. The zero-order valence-corrected chi connectivity index (χ0v) is 7.05. The summed E-state index contributed by atoms with van der Waals surface area (Å²) in [6, 6.07) is 0. The first kappa shape index (κ1) is 9.43. The summed E-state index contributed by atoms with van der Waals surface area (Å²) in [6.07, 6.45) is 0.686. The molecule has 0 spiro atoms. The molecule has 0 aliphatic rings. The summed E-state index contributed by atoms with van der Waals surface area (Å²) < 4.78 is 0. The molecule has 0 aromatic heterocycles. The molecule has 0 rings (SSSR count). The van der Waals surface area contributed by atoms with Gasteiger partial charge in [0.15, 0.2) is 0 Å². The first-order chi connectivity index (χ1) is 4.49. The summed E-state index contributed by atoms with van der Waals surface area (Å²) >= 11 is 0. The van der Waals surface area contributed by atoms with Crippen LogP contribution < -0.4 is 0 Å². The summed E-state index contributed by atoms with van der Waals surface area (Å²) in [4.78, 5) is 15.4. The van der Waals surface area contributed by atoms with E-state index in [2.05, 4.69) is 0 Å². The molecule has 0 heterocycles. The van der Waals surface area contributed by atoms with Crippen LogP contribution in [0.1, 0.15) is 27.7 Å². The van der Waals surface area contributed by atoms with E-state index in [1.165, 1.54) is 5.06 Å². The Morgan fingerprint density at radius 2 is 2.00 bits per heavy atom. The van der Waals surface area contributed by atoms with Crippen LogP contribution in [0.5, 0.6) is 0 Å². The van der Waals surface area contributed by atoms with E-state index in [9.17, 15) is 4.79 Å². The highest BCUT2D eigenvalue weighted by Gasteiger charge is 2.14. The van der Waals surface area contributed by atoms with Crippen molar-refractivity contribution in [3.63, 3.8) is 0 Å². The van der Waals surface area contributed by atoms with Crippen LogP contribution in [0.15, 0.2) is 0 Å². The van der Waals surface area contributed by atoms with Crippen LogP contribution in [0, 0.1) is 0 Å². The largest absolute Gasteiger partial charge is 0.276 e. The highest BCUT2D eigenvalue weighted by atomic mass is 16.7. The van der Waals surface area contributed by atoms with Gasteiger partial charge in [0, 0.05) is 6.54 Å². The van der Waals surface area contributed by atoms with Crippen molar-refractivity contribution in [3.8, 4) is 0 Å². The Labute approximate surface area is 61.9 Å². The molecule has 60 valence electrons. The lowest BCUT2D eigenvalue weighted by molar-refractivity contribution is -0.214. The van der Waals surface area contributed by atoms with Gasteiger partial charge in [-0.2, -0.15) is 0 Å². The molecule has 0 N–H and O–H groups in total. The Balaban J connectivity index is 3.74. The Hall–Kier alpha value is -0.570. The van der Waals surface area contributed by atoms with Crippen LogP contribution >= 0.6 is 0 Å². The fraction of sp³-hybridized carbons (Fsp3) is 0.857. The maximum absolute atomic E-state index is 10.2. The van der Waals surface area contributed by atoms with Crippen molar-refractivity contribution in [1.82, 2.24) is 5.06 Å². The Kier molecular flexibility index (Phi) is 3.36. The summed E-state index contributed by atoms with van der Waals surface area (Å²) in [6.45, 7) is 8.15. The third-order valence-electron chi connectivity index (χ3n) is 0.820. The highest BCUT2D eigenvalue weighted by Crippen LogP contribution is 2.07. The minimum Gasteiger partial charge on any atom is -0.276 e. The Bertz CT molecular complexity index is 107. The third-order valence-corrected chi connectivity index (χ3v) is 0.820. The lowest BCUT2D eigenvalue weighted by Gasteiger charge is -2.25. The standard InChI is InChI=1S/C7H15NO2/c1-5-8(6-9)10-7(2,3)4/h6H,5H2,1-4H3. The van der Waals surface area contributed by atoms with E-state index in [1.54, 1.807) is 0 Å². The topological polar surface area (TPSA) is 29.5 Å². The van der Waals surface area contributed by atoms with Crippen LogP contribution in [0.3, 0.4) is 0 Å². The van der Waals surface area contributed by atoms with Crippen molar-refractivity contribution in [2.24, 2.45) is 0 Å². The quantitative estimate of drug-likeness (QED) is 0.441. The van der Waals surface area contributed by atoms with Gasteiger partial charge >= 0.3 is 0 Å². The molecule has 0 aromatic rings. The molecule has 0 atom stereocenters. The molecule has 1 amide bonds. The molecule has 3 heteroatoms. The zero-order chi connectivity index (χ0) is 8.20. The molecule has 10 heavy (non-hydrogen) atoms. The van der Waals surface area contributed by atoms with E-state index >= 15 is 0 Å². The maximum atomic E-state index is 10.2. The molecular weight excluding hydrogens is 130 g/mol. The Morgan fingerprint density at radius 3 is 2.10 bits per heavy atom. The van der Waals surface area contributed by atoms with Crippen LogP contribution in [0.2, 0.25) is 0 Å².